The molecule has 23 heavy (non-hydrogen) atoms. The monoisotopic (exact) mass is 356 g/mol. The summed E-state index contributed by atoms with van der Waals surface area (Å²) in [5.74, 6) is -0.0576. The van der Waals surface area contributed by atoms with E-state index in [1.165, 1.54) is 12.8 Å². The Morgan fingerprint density at radius 3 is 2.57 bits per heavy atom. The predicted octanol–water partition coefficient (Wildman–Crippen LogP) is 2.49. The SMILES string of the molecule is Cl.Cl.NCCc1ccc(C(=O)NCc2cncn2C2CC2)cc1. The maximum atomic E-state index is 12.1. The van der Waals surface area contributed by atoms with E-state index in [1.807, 2.05) is 36.8 Å². The molecule has 3 rings (SSSR count). The van der Waals surface area contributed by atoms with Crippen LogP contribution in [0.5, 0.6) is 0 Å². The van der Waals surface area contributed by atoms with Crippen molar-refractivity contribution < 1.29 is 4.79 Å². The molecule has 5 nitrogen and oxygen atoms in total. The molecule has 0 unspecified atom stereocenters. The fraction of sp³-hybridized carbons (Fsp3) is 0.375. The van der Waals surface area contributed by atoms with E-state index in [0.717, 1.165) is 17.7 Å². The maximum absolute atomic E-state index is 12.1. The van der Waals surface area contributed by atoms with E-state index in [2.05, 4.69) is 14.9 Å². The van der Waals surface area contributed by atoms with Crippen LogP contribution in [0.2, 0.25) is 0 Å². The molecule has 1 amide bonds. The summed E-state index contributed by atoms with van der Waals surface area (Å²) in [4.78, 5) is 16.3. The molecule has 3 N–H and O–H groups in total. The van der Waals surface area contributed by atoms with Crippen LogP contribution in [0, 0.1) is 0 Å². The number of aromatic nitrogens is 2. The lowest BCUT2D eigenvalue weighted by Gasteiger charge is -2.08. The molecule has 1 heterocycles. The highest BCUT2D eigenvalue weighted by molar-refractivity contribution is 5.94. The van der Waals surface area contributed by atoms with Gasteiger partial charge in [0, 0.05) is 17.8 Å². The van der Waals surface area contributed by atoms with Crippen LogP contribution in [0.15, 0.2) is 36.8 Å². The van der Waals surface area contributed by atoms with E-state index >= 15 is 0 Å². The van der Waals surface area contributed by atoms with E-state index < -0.39 is 0 Å². The van der Waals surface area contributed by atoms with Crippen molar-refractivity contribution in [2.45, 2.75) is 31.8 Å². The number of nitrogens with two attached hydrogens (primary N) is 1. The number of hydrogen-bond acceptors (Lipinski definition) is 3. The number of benzene rings is 1. The Bertz CT molecular complexity index is 623. The molecule has 7 heteroatoms. The zero-order chi connectivity index (χ0) is 14.7. The third-order valence-electron chi connectivity index (χ3n) is 3.77. The van der Waals surface area contributed by atoms with E-state index in [4.69, 9.17) is 5.73 Å². The van der Waals surface area contributed by atoms with Gasteiger partial charge >= 0.3 is 0 Å². The third-order valence-corrected chi connectivity index (χ3v) is 3.77. The molecule has 0 atom stereocenters. The Hall–Kier alpha value is -1.56. The molecule has 1 aromatic carbocycles. The summed E-state index contributed by atoms with van der Waals surface area (Å²) in [5.41, 5.74) is 8.41. The highest BCUT2D eigenvalue weighted by Gasteiger charge is 2.25. The summed E-state index contributed by atoms with van der Waals surface area (Å²) in [6.45, 7) is 1.14. The molecular formula is C16H22Cl2N4O. The summed E-state index contributed by atoms with van der Waals surface area (Å²) >= 11 is 0. The fourth-order valence-corrected chi connectivity index (χ4v) is 2.41. The van der Waals surface area contributed by atoms with Gasteiger partial charge in [0.05, 0.1) is 18.6 Å². The van der Waals surface area contributed by atoms with Crippen molar-refractivity contribution in [2.75, 3.05) is 6.54 Å². The molecule has 1 aliphatic carbocycles. The lowest BCUT2D eigenvalue weighted by Crippen LogP contribution is -2.24. The van der Waals surface area contributed by atoms with Crippen molar-refractivity contribution in [3.8, 4) is 0 Å². The molecule has 0 saturated heterocycles. The number of carbonyl (C=O) groups is 1. The minimum Gasteiger partial charge on any atom is -0.346 e. The largest absolute Gasteiger partial charge is 0.346 e. The van der Waals surface area contributed by atoms with Crippen LogP contribution < -0.4 is 11.1 Å². The minimum absolute atomic E-state index is 0. The van der Waals surface area contributed by atoms with Crippen LogP contribution in [-0.2, 0) is 13.0 Å². The lowest BCUT2D eigenvalue weighted by atomic mass is 10.1. The van der Waals surface area contributed by atoms with Crippen molar-refractivity contribution in [2.24, 2.45) is 5.73 Å². The predicted molar refractivity (Wildman–Crippen MR) is 95.4 cm³/mol. The standard InChI is InChI=1S/C16H20N4O.2ClH/c17-8-7-12-1-3-13(4-2-12)16(21)19-10-15-9-18-11-20(15)14-5-6-14;;/h1-4,9,11,14H,5-8,10,17H2,(H,19,21);2*1H. The highest BCUT2D eigenvalue weighted by Crippen LogP contribution is 2.35. The van der Waals surface area contributed by atoms with Gasteiger partial charge in [-0.05, 0) is 43.5 Å². The first-order valence-electron chi connectivity index (χ1n) is 7.36. The molecule has 1 saturated carbocycles. The van der Waals surface area contributed by atoms with E-state index in [-0.39, 0.29) is 30.7 Å². The van der Waals surface area contributed by atoms with Crippen LogP contribution in [0.4, 0.5) is 0 Å². The first-order chi connectivity index (χ1) is 10.3. The van der Waals surface area contributed by atoms with Crippen molar-refractivity contribution in [3.63, 3.8) is 0 Å². The topological polar surface area (TPSA) is 72.9 Å². The van der Waals surface area contributed by atoms with Crippen molar-refractivity contribution in [1.82, 2.24) is 14.9 Å². The van der Waals surface area contributed by atoms with E-state index in [9.17, 15) is 4.79 Å². The minimum atomic E-state index is -0.0576. The number of halogens is 2. The number of nitrogens with zero attached hydrogens (tertiary/aromatic N) is 2. The molecule has 0 spiro atoms. The number of imidazole rings is 1. The molecule has 0 bridgehead atoms. The van der Waals surface area contributed by atoms with Gasteiger partial charge in [0.1, 0.15) is 0 Å². The normalized spacial score (nSPS) is 12.9. The van der Waals surface area contributed by atoms with Gasteiger partial charge in [0.25, 0.3) is 5.91 Å². The zero-order valence-corrected chi connectivity index (χ0v) is 14.4. The molecule has 126 valence electrons. The van der Waals surface area contributed by atoms with Gasteiger partial charge in [0.15, 0.2) is 0 Å². The van der Waals surface area contributed by atoms with Crippen LogP contribution in [-0.4, -0.2) is 22.0 Å². The fourth-order valence-electron chi connectivity index (χ4n) is 2.41. The second-order valence-corrected chi connectivity index (χ2v) is 5.44. The molecule has 0 aliphatic heterocycles. The van der Waals surface area contributed by atoms with Crippen molar-refractivity contribution >= 4 is 30.7 Å². The smallest absolute Gasteiger partial charge is 0.251 e. The van der Waals surface area contributed by atoms with Crippen LogP contribution in [0.25, 0.3) is 0 Å². The van der Waals surface area contributed by atoms with E-state index in [0.29, 0.717) is 24.7 Å². The Labute approximate surface area is 148 Å². The number of rotatable bonds is 6. The average Bonchev–Trinajstić information content (AvgIpc) is 3.24. The molecular weight excluding hydrogens is 335 g/mol. The van der Waals surface area contributed by atoms with Gasteiger partial charge < -0.3 is 15.6 Å². The first-order valence-corrected chi connectivity index (χ1v) is 7.36. The van der Waals surface area contributed by atoms with Crippen molar-refractivity contribution in [3.05, 3.63) is 53.6 Å². The van der Waals surface area contributed by atoms with Crippen LogP contribution in [0.1, 0.15) is 40.5 Å². The van der Waals surface area contributed by atoms with Gasteiger partial charge in [-0.2, -0.15) is 0 Å². The van der Waals surface area contributed by atoms with Crippen LogP contribution in [0.3, 0.4) is 0 Å². The number of hydrogen-bond donors (Lipinski definition) is 2. The number of amides is 1. The van der Waals surface area contributed by atoms with E-state index in [1.54, 1.807) is 0 Å². The van der Waals surface area contributed by atoms with Gasteiger partial charge in [-0.3, -0.25) is 4.79 Å². The lowest BCUT2D eigenvalue weighted by molar-refractivity contribution is 0.0950. The van der Waals surface area contributed by atoms with Crippen molar-refractivity contribution in [1.29, 1.82) is 0 Å². The first kappa shape index (κ1) is 19.5. The molecule has 1 aliphatic rings. The van der Waals surface area contributed by atoms with Gasteiger partial charge in [-0.1, -0.05) is 12.1 Å². The van der Waals surface area contributed by atoms with Gasteiger partial charge in [-0.15, -0.1) is 24.8 Å². The molecule has 0 radical (unpaired) electrons. The third kappa shape index (κ3) is 4.96. The molecule has 2 aromatic rings. The Morgan fingerprint density at radius 1 is 1.26 bits per heavy atom. The summed E-state index contributed by atoms with van der Waals surface area (Å²) in [7, 11) is 0. The van der Waals surface area contributed by atoms with Crippen LogP contribution >= 0.6 is 24.8 Å². The van der Waals surface area contributed by atoms with Gasteiger partial charge in [0.2, 0.25) is 0 Å². The number of nitrogens with one attached hydrogen (secondary N) is 1. The second kappa shape index (κ2) is 8.91. The summed E-state index contributed by atoms with van der Waals surface area (Å²) in [6.07, 6.45) is 6.92. The maximum Gasteiger partial charge on any atom is 0.251 e. The summed E-state index contributed by atoms with van der Waals surface area (Å²) < 4.78 is 2.16. The zero-order valence-electron chi connectivity index (χ0n) is 12.8. The molecule has 1 fully saturated rings. The highest BCUT2D eigenvalue weighted by atomic mass is 35.5. The number of carbonyl (C=O) groups excluding carboxylic acids is 1. The Balaban J connectivity index is 0.00000132. The quantitative estimate of drug-likeness (QED) is 0.834. The molecule has 1 aromatic heterocycles. The van der Waals surface area contributed by atoms with Gasteiger partial charge in [-0.25, -0.2) is 4.98 Å². The average molecular weight is 357 g/mol. The summed E-state index contributed by atoms with van der Waals surface area (Å²) in [5, 5.41) is 2.95. The second-order valence-electron chi connectivity index (χ2n) is 5.44. The Kier molecular flexibility index (Phi) is 7.55. The summed E-state index contributed by atoms with van der Waals surface area (Å²) in [6, 6.07) is 8.18. The Morgan fingerprint density at radius 2 is 1.96 bits per heavy atom.